The number of fused-ring (bicyclic) bond motifs is 5. The minimum absolute atomic E-state index is 0.00852. The van der Waals surface area contributed by atoms with Gasteiger partial charge in [0.05, 0.1) is 0 Å². The molecule has 4 aliphatic carbocycles. The van der Waals surface area contributed by atoms with Crippen molar-refractivity contribution in [3.63, 3.8) is 0 Å². The average molecular weight is 459 g/mol. The third-order valence-electron chi connectivity index (χ3n) is 9.25. The van der Waals surface area contributed by atoms with E-state index < -0.39 is 0 Å². The summed E-state index contributed by atoms with van der Waals surface area (Å²) in [5, 5.41) is 0. The second-order valence-corrected chi connectivity index (χ2v) is 11.1. The maximum absolute atomic E-state index is 12.2. The second-order valence-electron chi connectivity index (χ2n) is 11.1. The van der Waals surface area contributed by atoms with Gasteiger partial charge in [0, 0.05) is 33.1 Å². The van der Waals surface area contributed by atoms with Crippen molar-refractivity contribution >= 4 is 17.9 Å². The third-order valence-corrected chi connectivity index (χ3v) is 9.25. The number of hydrogen-bond acceptors (Lipinski definition) is 6. The first-order chi connectivity index (χ1) is 15.5. The topological polar surface area (TPSA) is 78.9 Å². The molecule has 7 atom stereocenters. The Bertz CT molecular complexity index is 916. The van der Waals surface area contributed by atoms with Crippen LogP contribution in [0, 0.1) is 34.5 Å². The van der Waals surface area contributed by atoms with Crippen LogP contribution in [-0.4, -0.2) is 24.0 Å². The molecule has 0 saturated heterocycles. The molecule has 6 heteroatoms. The molecule has 1 unspecified atom stereocenters. The van der Waals surface area contributed by atoms with E-state index in [1.807, 2.05) is 6.92 Å². The molecule has 0 aliphatic heterocycles. The van der Waals surface area contributed by atoms with Crippen molar-refractivity contribution in [3.8, 4) is 0 Å². The molecule has 6 nitrogen and oxygen atoms in total. The molecule has 0 N–H and O–H groups in total. The fraction of sp³-hybridized carbons (Fsp3) is 0.741. The Hall–Kier alpha value is -2.11. The Morgan fingerprint density at radius 1 is 0.939 bits per heavy atom. The van der Waals surface area contributed by atoms with E-state index >= 15 is 0 Å². The van der Waals surface area contributed by atoms with Gasteiger partial charge in [0.1, 0.15) is 17.6 Å². The van der Waals surface area contributed by atoms with E-state index in [2.05, 4.69) is 19.9 Å². The van der Waals surface area contributed by atoms with Crippen LogP contribution in [0.4, 0.5) is 0 Å². The zero-order valence-corrected chi connectivity index (χ0v) is 20.9. The van der Waals surface area contributed by atoms with Gasteiger partial charge in [0.15, 0.2) is 0 Å². The quantitative estimate of drug-likeness (QED) is 0.317. The van der Waals surface area contributed by atoms with Crippen LogP contribution in [-0.2, 0) is 28.6 Å². The van der Waals surface area contributed by atoms with Crippen LogP contribution in [0.15, 0.2) is 23.2 Å². The molecule has 0 aromatic rings. The van der Waals surface area contributed by atoms with Crippen LogP contribution >= 0.6 is 0 Å². The third kappa shape index (κ3) is 4.15. The fourth-order valence-electron chi connectivity index (χ4n) is 8.18. The lowest BCUT2D eigenvalue weighted by Crippen LogP contribution is -2.58. The summed E-state index contributed by atoms with van der Waals surface area (Å²) in [6.07, 6.45) is 8.52. The van der Waals surface area contributed by atoms with Gasteiger partial charge < -0.3 is 14.2 Å². The van der Waals surface area contributed by atoms with E-state index in [1.54, 1.807) is 0 Å². The summed E-state index contributed by atoms with van der Waals surface area (Å²) in [7, 11) is 0. The second kappa shape index (κ2) is 8.59. The molecule has 0 bridgehead atoms. The Morgan fingerprint density at radius 2 is 1.67 bits per heavy atom. The summed E-state index contributed by atoms with van der Waals surface area (Å²) in [6, 6.07) is 0. The lowest BCUT2D eigenvalue weighted by atomic mass is 9.45. The molecule has 3 fully saturated rings. The van der Waals surface area contributed by atoms with E-state index in [-0.39, 0.29) is 40.8 Å². The Kier molecular flexibility index (Phi) is 6.25. The van der Waals surface area contributed by atoms with Crippen molar-refractivity contribution in [3.05, 3.63) is 23.2 Å². The van der Waals surface area contributed by atoms with Gasteiger partial charge in [-0.1, -0.05) is 13.8 Å². The number of ether oxygens (including phenoxy) is 3. The molecule has 0 aromatic heterocycles. The van der Waals surface area contributed by atoms with Crippen LogP contribution < -0.4 is 0 Å². The highest BCUT2D eigenvalue weighted by Gasteiger charge is 2.63. The molecule has 0 spiro atoms. The molecule has 0 amide bonds. The normalized spacial score (nSPS) is 41.0. The first-order valence-electron chi connectivity index (χ1n) is 12.4. The lowest BCUT2D eigenvalue weighted by molar-refractivity contribution is -0.181. The minimum atomic E-state index is -0.289. The summed E-state index contributed by atoms with van der Waals surface area (Å²) in [5.41, 5.74) is 1.06. The summed E-state index contributed by atoms with van der Waals surface area (Å²) in [6.45, 7) is 10.9. The summed E-state index contributed by atoms with van der Waals surface area (Å²) in [5.74, 6) is 2.22. The first kappa shape index (κ1) is 24.0. The Labute approximate surface area is 197 Å². The molecular formula is C27H38O6. The van der Waals surface area contributed by atoms with Crippen molar-refractivity contribution in [2.75, 3.05) is 0 Å². The molecule has 4 aliphatic rings. The van der Waals surface area contributed by atoms with Crippen LogP contribution in [0.5, 0.6) is 0 Å². The maximum atomic E-state index is 12.2. The van der Waals surface area contributed by atoms with Gasteiger partial charge in [0.25, 0.3) is 0 Å². The molecule has 182 valence electrons. The van der Waals surface area contributed by atoms with Crippen molar-refractivity contribution in [1.29, 1.82) is 0 Å². The molecule has 4 rings (SSSR count). The van der Waals surface area contributed by atoms with E-state index in [9.17, 15) is 14.4 Å². The van der Waals surface area contributed by atoms with Crippen LogP contribution in [0.1, 0.15) is 86.5 Å². The molecule has 0 radical (unpaired) electrons. The van der Waals surface area contributed by atoms with Crippen molar-refractivity contribution in [1.82, 2.24) is 0 Å². The molecule has 3 saturated carbocycles. The zero-order chi connectivity index (χ0) is 24.1. The number of allylic oxidation sites excluding steroid dienone is 4. The minimum Gasteiger partial charge on any atom is -0.462 e. The van der Waals surface area contributed by atoms with Gasteiger partial charge in [0.2, 0.25) is 0 Å². The van der Waals surface area contributed by atoms with Crippen LogP contribution in [0.3, 0.4) is 0 Å². The summed E-state index contributed by atoms with van der Waals surface area (Å²) in [4.78, 5) is 35.4. The van der Waals surface area contributed by atoms with Gasteiger partial charge in [-0.05, 0) is 85.7 Å². The SMILES string of the molecule is CC(=O)OC1=CC2CC[C@@H]3[C@H]([C@H](OC(C)=O)C[C@]4(C)C(=C(C)OC(C)=O)CC[C@@H]34)[C@@]2(C)CC1. The van der Waals surface area contributed by atoms with E-state index in [1.165, 1.54) is 26.3 Å². The monoisotopic (exact) mass is 458 g/mol. The lowest BCUT2D eigenvalue weighted by Gasteiger charge is -2.61. The number of carbonyl (C=O) groups is 3. The van der Waals surface area contributed by atoms with Gasteiger partial charge in [-0.25, -0.2) is 0 Å². The summed E-state index contributed by atoms with van der Waals surface area (Å²) >= 11 is 0. The smallest absolute Gasteiger partial charge is 0.307 e. The highest BCUT2D eigenvalue weighted by Crippen LogP contribution is 2.67. The van der Waals surface area contributed by atoms with Gasteiger partial charge in [-0.3, -0.25) is 14.4 Å². The van der Waals surface area contributed by atoms with Gasteiger partial charge >= 0.3 is 17.9 Å². The maximum Gasteiger partial charge on any atom is 0.307 e. The Morgan fingerprint density at radius 3 is 2.30 bits per heavy atom. The van der Waals surface area contributed by atoms with Crippen molar-refractivity contribution in [2.45, 2.75) is 92.6 Å². The summed E-state index contributed by atoms with van der Waals surface area (Å²) < 4.78 is 17.1. The van der Waals surface area contributed by atoms with Crippen LogP contribution in [0.2, 0.25) is 0 Å². The predicted molar refractivity (Wildman–Crippen MR) is 122 cm³/mol. The van der Waals surface area contributed by atoms with Crippen LogP contribution in [0.25, 0.3) is 0 Å². The number of esters is 3. The molecule has 0 heterocycles. The highest BCUT2D eigenvalue weighted by molar-refractivity contribution is 5.68. The van der Waals surface area contributed by atoms with Gasteiger partial charge in [-0.2, -0.15) is 0 Å². The van der Waals surface area contributed by atoms with E-state index in [0.717, 1.165) is 56.5 Å². The molecular weight excluding hydrogens is 420 g/mol. The molecule has 33 heavy (non-hydrogen) atoms. The van der Waals surface area contributed by atoms with Crippen molar-refractivity contribution < 1.29 is 28.6 Å². The Balaban J connectivity index is 1.71. The highest BCUT2D eigenvalue weighted by atomic mass is 16.5. The fourth-order valence-corrected chi connectivity index (χ4v) is 8.18. The number of rotatable bonds is 3. The van der Waals surface area contributed by atoms with Crippen molar-refractivity contribution in [2.24, 2.45) is 34.5 Å². The van der Waals surface area contributed by atoms with E-state index in [4.69, 9.17) is 14.2 Å². The number of hydrogen-bond donors (Lipinski definition) is 0. The number of carbonyl (C=O) groups excluding carboxylic acids is 3. The molecule has 0 aromatic carbocycles. The first-order valence-corrected chi connectivity index (χ1v) is 12.4. The van der Waals surface area contributed by atoms with Gasteiger partial charge in [-0.15, -0.1) is 0 Å². The largest absolute Gasteiger partial charge is 0.462 e. The standard InChI is InChI=1S/C27H38O6/c1-15(31-16(2)28)22-9-10-23-21-8-7-19-13-20(32-17(3)29)11-12-26(19,5)25(21)24(33-18(4)30)14-27(22,23)6/h13,19,21,23-25H,7-12,14H2,1-6H3/t19?,21-,23-,24+,25+,26-,27+/m0/s1. The zero-order valence-electron chi connectivity index (χ0n) is 20.9. The predicted octanol–water partition coefficient (Wildman–Crippen LogP) is 5.46. The van der Waals surface area contributed by atoms with E-state index in [0.29, 0.717) is 17.8 Å². The average Bonchev–Trinajstić information content (AvgIpc) is 3.03.